The third-order valence-corrected chi connectivity index (χ3v) is 4.12. The highest BCUT2D eigenvalue weighted by atomic mass is 32.1. The Hall–Kier alpha value is -2.08. The molecule has 0 saturated carbocycles. The highest BCUT2D eigenvalue weighted by Crippen LogP contribution is 2.33. The molecule has 1 aromatic heterocycles. The number of amides is 2. The molecule has 0 spiro atoms. The molecule has 0 aliphatic heterocycles. The lowest BCUT2D eigenvalue weighted by Crippen LogP contribution is -2.44. The number of benzene rings is 1. The van der Waals surface area contributed by atoms with Gasteiger partial charge < -0.3 is 16.4 Å². The van der Waals surface area contributed by atoms with E-state index in [4.69, 9.17) is 5.73 Å². The number of rotatable bonds is 4. The molecule has 106 valence electrons. The number of hydrogen-bond acceptors (Lipinski definition) is 4. The first-order valence-corrected chi connectivity index (χ1v) is 7.21. The summed E-state index contributed by atoms with van der Waals surface area (Å²) in [5.74, 6) is -0.525. The molecule has 2 aromatic rings. The third-order valence-electron chi connectivity index (χ3n) is 2.93. The Morgan fingerprint density at radius 3 is 2.70 bits per heavy atom. The van der Waals surface area contributed by atoms with Gasteiger partial charge in [0.05, 0.1) is 5.69 Å². The zero-order valence-electron chi connectivity index (χ0n) is 11.4. The molecule has 2 rings (SSSR count). The van der Waals surface area contributed by atoms with Crippen molar-refractivity contribution in [3.8, 4) is 0 Å². The number of carbonyl (C=O) groups is 2. The normalized spacial score (nSPS) is 12.1. The van der Waals surface area contributed by atoms with E-state index >= 15 is 0 Å². The SMILES string of the molecule is CCNC(=O)C(C)NC(=O)c1sc2ccccc2c1N. The van der Waals surface area contributed by atoms with Gasteiger partial charge >= 0.3 is 0 Å². The van der Waals surface area contributed by atoms with E-state index in [9.17, 15) is 9.59 Å². The van der Waals surface area contributed by atoms with E-state index in [0.29, 0.717) is 17.1 Å². The molecule has 2 amide bonds. The maximum Gasteiger partial charge on any atom is 0.264 e. The smallest absolute Gasteiger partial charge is 0.264 e. The van der Waals surface area contributed by atoms with E-state index < -0.39 is 6.04 Å². The number of likely N-dealkylation sites (N-methyl/N-ethyl adjacent to an activating group) is 1. The van der Waals surface area contributed by atoms with E-state index in [0.717, 1.165) is 10.1 Å². The number of carbonyl (C=O) groups excluding carboxylic acids is 2. The summed E-state index contributed by atoms with van der Waals surface area (Å²) in [6.07, 6.45) is 0. The van der Waals surface area contributed by atoms with Gasteiger partial charge in [-0.15, -0.1) is 11.3 Å². The molecular formula is C14H17N3O2S. The van der Waals surface area contributed by atoms with Crippen molar-refractivity contribution < 1.29 is 9.59 Å². The van der Waals surface area contributed by atoms with Gasteiger partial charge in [-0.2, -0.15) is 0 Å². The van der Waals surface area contributed by atoms with Gasteiger partial charge in [-0.1, -0.05) is 18.2 Å². The predicted molar refractivity (Wildman–Crippen MR) is 81.8 cm³/mol. The molecule has 1 atom stereocenters. The first-order chi connectivity index (χ1) is 9.54. The molecule has 0 fully saturated rings. The molecule has 4 N–H and O–H groups in total. The van der Waals surface area contributed by atoms with Crippen LogP contribution >= 0.6 is 11.3 Å². The van der Waals surface area contributed by atoms with Crippen LogP contribution in [0, 0.1) is 0 Å². The molecule has 0 aliphatic rings. The zero-order valence-corrected chi connectivity index (χ0v) is 12.2. The average Bonchev–Trinajstić information content (AvgIpc) is 2.77. The largest absolute Gasteiger partial charge is 0.397 e. The Morgan fingerprint density at radius 1 is 1.35 bits per heavy atom. The van der Waals surface area contributed by atoms with Gasteiger partial charge in [0.15, 0.2) is 0 Å². The molecule has 5 nitrogen and oxygen atoms in total. The minimum atomic E-state index is -0.591. The Morgan fingerprint density at radius 2 is 2.05 bits per heavy atom. The van der Waals surface area contributed by atoms with Gasteiger partial charge in [0, 0.05) is 16.6 Å². The quantitative estimate of drug-likeness (QED) is 0.802. The van der Waals surface area contributed by atoms with Gasteiger partial charge in [0.2, 0.25) is 5.91 Å². The first kappa shape index (κ1) is 14.3. The second kappa shape index (κ2) is 5.92. The number of nitrogens with two attached hydrogens (primary N) is 1. The van der Waals surface area contributed by atoms with E-state index in [1.807, 2.05) is 31.2 Å². The summed E-state index contributed by atoms with van der Waals surface area (Å²) in [7, 11) is 0. The van der Waals surface area contributed by atoms with Crippen LogP contribution in [0.5, 0.6) is 0 Å². The topological polar surface area (TPSA) is 84.2 Å². The van der Waals surface area contributed by atoms with Crippen molar-refractivity contribution in [2.75, 3.05) is 12.3 Å². The van der Waals surface area contributed by atoms with Crippen molar-refractivity contribution in [1.29, 1.82) is 0 Å². The van der Waals surface area contributed by atoms with Crippen LogP contribution < -0.4 is 16.4 Å². The summed E-state index contributed by atoms with van der Waals surface area (Å²) in [5, 5.41) is 6.19. The van der Waals surface area contributed by atoms with Crippen LogP contribution in [-0.2, 0) is 4.79 Å². The van der Waals surface area contributed by atoms with E-state index in [2.05, 4.69) is 10.6 Å². The highest BCUT2D eigenvalue weighted by molar-refractivity contribution is 7.21. The second-order valence-corrected chi connectivity index (χ2v) is 5.48. The average molecular weight is 291 g/mol. The monoisotopic (exact) mass is 291 g/mol. The standard InChI is InChI=1S/C14H17N3O2S/c1-3-16-13(18)8(2)17-14(19)12-11(15)9-6-4-5-7-10(9)20-12/h4-8H,3,15H2,1-2H3,(H,16,18)(H,17,19). The molecule has 0 saturated heterocycles. The van der Waals surface area contributed by atoms with Gasteiger partial charge in [-0.05, 0) is 19.9 Å². The van der Waals surface area contributed by atoms with Crippen molar-refractivity contribution in [2.24, 2.45) is 0 Å². The van der Waals surface area contributed by atoms with E-state index in [1.165, 1.54) is 11.3 Å². The molecule has 1 aromatic carbocycles. The number of nitrogens with one attached hydrogen (secondary N) is 2. The predicted octanol–water partition coefficient (Wildman–Crippen LogP) is 1.74. The molecule has 1 unspecified atom stereocenters. The summed E-state index contributed by atoms with van der Waals surface area (Å²) in [6, 6.07) is 6.99. The minimum absolute atomic E-state index is 0.208. The molecule has 0 bridgehead atoms. The Kier molecular flexibility index (Phi) is 4.24. The third kappa shape index (κ3) is 2.75. The Balaban J connectivity index is 2.19. The van der Waals surface area contributed by atoms with Crippen molar-refractivity contribution in [2.45, 2.75) is 19.9 Å². The van der Waals surface area contributed by atoms with E-state index in [-0.39, 0.29) is 11.8 Å². The summed E-state index contributed by atoms with van der Waals surface area (Å²) in [6.45, 7) is 4.01. The summed E-state index contributed by atoms with van der Waals surface area (Å²) in [4.78, 5) is 24.3. The Bertz CT molecular complexity index is 651. The zero-order chi connectivity index (χ0) is 14.7. The maximum absolute atomic E-state index is 12.2. The molecule has 1 heterocycles. The van der Waals surface area contributed by atoms with Crippen LogP contribution in [0.2, 0.25) is 0 Å². The van der Waals surface area contributed by atoms with Crippen LogP contribution in [0.15, 0.2) is 24.3 Å². The van der Waals surface area contributed by atoms with Gasteiger partial charge in [-0.25, -0.2) is 0 Å². The van der Waals surface area contributed by atoms with Gasteiger partial charge in [0.1, 0.15) is 10.9 Å². The number of nitrogen functional groups attached to an aromatic ring is 1. The van der Waals surface area contributed by atoms with Crippen molar-refractivity contribution in [1.82, 2.24) is 10.6 Å². The van der Waals surface area contributed by atoms with Crippen LogP contribution in [0.25, 0.3) is 10.1 Å². The molecule has 20 heavy (non-hydrogen) atoms. The molecular weight excluding hydrogens is 274 g/mol. The van der Waals surface area contributed by atoms with Crippen molar-refractivity contribution >= 4 is 38.9 Å². The molecule has 6 heteroatoms. The summed E-state index contributed by atoms with van der Waals surface area (Å²) < 4.78 is 0.959. The van der Waals surface area contributed by atoms with Gasteiger partial charge in [-0.3, -0.25) is 9.59 Å². The van der Waals surface area contributed by atoms with Crippen LogP contribution in [0.4, 0.5) is 5.69 Å². The van der Waals surface area contributed by atoms with Crippen molar-refractivity contribution in [3.63, 3.8) is 0 Å². The van der Waals surface area contributed by atoms with Crippen LogP contribution in [-0.4, -0.2) is 24.4 Å². The summed E-state index contributed by atoms with van der Waals surface area (Å²) in [5.41, 5.74) is 6.46. The number of anilines is 1. The van der Waals surface area contributed by atoms with Crippen LogP contribution in [0.1, 0.15) is 23.5 Å². The minimum Gasteiger partial charge on any atom is -0.397 e. The second-order valence-electron chi connectivity index (χ2n) is 4.43. The Labute approximate surface area is 121 Å². The van der Waals surface area contributed by atoms with Gasteiger partial charge in [0.25, 0.3) is 5.91 Å². The maximum atomic E-state index is 12.2. The van der Waals surface area contributed by atoms with Crippen LogP contribution in [0.3, 0.4) is 0 Å². The first-order valence-electron chi connectivity index (χ1n) is 6.40. The molecule has 0 aliphatic carbocycles. The molecule has 0 radical (unpaired) electrons. The fourth-order valence-electron chi connectivity index (χ4n) is 1.89. The number of hydrogen-bond donors (Lipinski definition) is 3. The lowest BCUT2D eigenvalue weighted by molar-refractivity contribution is -0.122. The fourth-order valence-corrected chi connectivity index (χ4v) is 2.92. The highest BCUT2D eigenvalue weighted by Gasteiger charge is 2.20. The lowest BCUT2D eigenvalue weighted by atomic mass is 10.2. The lowest BCUT2D eigenvalue weighted by Gasteiger charge is -2.12. The number of thiophene rings is 1. The van der Waals surface area contributed by atoms with Crippen molar-refractivity contribution in [3.05, 3.63) is 29.1 Å². The number of fused-ring (bicyclic) bond motifs is 1. The van der Waals surface area contributed by atoms with E-state index in [1.54, 1.807) is 6.92 Å². The fraction of sp³-hybridized carbons (Fsp3) is 0.286. The summed E-state index contributed by atoms with van der Waals surface area (Å²) >= 11 is 1.33.